The van der Waals surface area contributed by atoms with Crippen LogP contribution < -0.4 is 43.0 Å². The van der Waals surface area contributed by atoms with Crippen molar-refractivity contribution in [3.8, 4) is 17.6 Å². The number of aliphatic hydroxyl groups excluding tert-OH is 2. The van der Waals surface area contributed by atoms with Crippen molar-refractivity contribution in [2.45, 2.75) is 158 Å². The largest absolute Gasteiger partial charge is 0.508 e. The number of aromatic nitrogens is 1. The van der Waals surface area contributed by atoms with Crippen LogP contribution in [0.2, 0.25) is 0 Å². The van der Waals surface area contributed by atoms with Crippen LogP contribution in [0.4, 0.5) is 4.79 Å². The van der Waals surface area contributed by atoms with Gasteiger partial charge in [-0.1, -0.05) is 27.2 Å². The van der Waals surface area contributed by atoms with E-state index in [1.807, 2.05) is 0 Å². The third-order valence-corrected chi connectivity index (χ3v) is 19.6. The highest BCUT2D eigenvalue weighted by Crippen LogP contribution is 2.52. The number of aromatic amines is 1. The summed E-state index contributed by atoms with van der Waals surface area (Å²) in [7, 11) is -2.41. The van der Waals surface area contributed by atoms with Crippen LogP contribution in [-0.4, -0.2) is 197 Å². The van der Waals surface area contributed by atoms with Crippen LogP contribution in [0.5, 0.6) is 5.75 Å². The van der Waals surface area contributed by atoms with Gasteiger partial charge in [-0.05, 0) is 86.3 Å². The van der Waals surface area contributed by atoms with E-state index in [2.05, 4.69) is 54.0 Å². The fourth-order valence-corrected chi connectivity index (χ4v) is 14.0. The Kier molecular flexibility index (Phi) is 27.9. The average Bonchev–Trinajstić information content (AvgIpc) is 1.65. The molecule has 14 atom stereocenters. The fourth-order valence-electron chi connectivity index (χ4n) is 12.6. The van der Waals surface area contributed by atoms with E-state index in [1.54, 1.807) is 13.8 Å². The molecule has 3 heterocycles. The van der Waals surface area contributed by atoms with Crippen molar-refractivity contribution in [1.29, 1.82) is 0 Å². The number of hydrogen-bond acceptors (Lipinski definition) is 20. The number of hydrogen-bond donors (Lipinski definition) is 12. The van der Waals surface area contributed by atoms with Crippen molar-refractivity contribution >= 4 is 92.5 Å². The molecule has 0 spiro atoms. The summed E-state index contributed by atoms with van der Waals surface area (Å²) in [6, 6.07) is -2.71. The number of nitrogens with two attached hydrogens (primary N) is 1. The van der Waals surface area contributed by atoms with E-state index in [-0.39, 0.29) is 105 Å². The Labute approximate surface area is 546 Å². The second-order valence-corrected chi connectivity index (χ2v) is 26.4. The van der Waals surface area contributed by atoms with Gasteiger partial charge >= 0.3 is 12.1 Å². The molecule has 8 amide bonds. The van der Waals surface area contributed by atoms with Crippen LogP contribution in [0.1, 0.15) is 116 Å². The van der Waals surface area contributed by atoms with E-state index in [9.17, 15) is 72.3 Å². The lowest BCUT2D eigenvalue weighted by Gasteiger charge is -2.31. The molecule has 2 bridgehead atoms. The minimum absolute atomic E-state index is 0.0211. The first-order chi connectivity index (χ1) is 44.9. The fraction of sp³-hybridized carbons (Fsp3) is 0.656. The lowest BCUT2D eigenvalue weighted by Crippen LogP contribution is -2.58. The number of aliphatic hydroxyl groups is 2. The van der Waals surface area contributed by atoms with Crippen molar-refractivity contribution < 1.29 is 96.0 Å². The van der Waals surface area contributed by atoms with Crippen LogP contribution in [0, 0.1) is 59.2 Å². The summed E-state index contributed by atoms with van der Waals surface area (Å²) < 4.78 is 36.8. The van der Waals surface area contributed by atoms with E-state index >= 15 is 4.79 Å². The van der Waals surface area contributed by atoms with Gasteiger partial charge in [-0.15, -0.1) is 11.8 Å². The molecule has 2 aromatic rings. The van der Waals surface area contributed by atoms with Crippen molar-refractivity contribution in [3.05, 3.63) is 23.8 Å². The smallest absolute Gasteiger partial charge is 0.407 e. The first-order valence-corrected chi connectivity index (χ1v) is 33.6. The Bertz CT molecular complexity index is 3180. The molecule has 516 valence electrons. The molecule has 29 nitrogen and oxygen atoms in total. The van der Waals surface area contributed by atoms with E-state index in [0.29, 0.717) is 37.2 Å². The number of aromatic hydroxyl groups is 1. The third-order valence-electron chi connectivity index (χ3n) is 18.2. The monoisotopic (exact) mass is 1340 g/mol. The van der Waals surface area contributed by atoms with Crippen molar-refractivity contribution in [2.75, 3.05) is 65.0 Å². The Balaban J connectivity index is 1.02. The first-order valence-electron chi connectivity index (χ1n) is 32.3. The molecule has 13 N–H and O–H groups in total. The molecule has 5 aliphatic rings. The Morgan fingerprint density at radius 2 is 1.45 bits per heavy atom. The second-order valence-electron chi connectivity index (χ2n) is 25.0. The number of nitrogens with one attached hydrogen (secondary N) is 8. The summed E-state index contributed by atoms with van der Waals surface area (Å²) in [5.74, 6) is -9.26. The number of phenols is 1. The lowest BCUT2D eigenvalue weighted by molar-refractivity contribution is -0.149. The minimum Gasteiger partial charge on any atom is -0.508 e. The zero-order chi connectivity index (χ0) is 68.2. The maximum Gasteiger partial charge on any atom is 0.407 e. The van der Waals surface area contributed by atoms with Gasteiger partial charge in [0.1, 0.15) is 35.2 Å². The predicted molar refractivity (Wildman–Crippen MR) is 334 cm³/mol. The zero-order valence-corrected chi connectivity index (χ0v) is 54.1. The number of H-pyrrole nitrogens is 1. The highest BCUT2D eigenvalue weighted by molar-refractivity contribution is 7.85. The first kappa shape index (κ1) is 73.6. The molecule has 1 aromatic heterocycles. The number of phenolic OH excluding ortho intramolecular Hbond substituents is 1. The second kappa shape index (κ2) is 35.6. The number of fused-ring (bicyclic) bond motifs is 6. The molecule has 94 heavy (non-hydrogen) atoms. The Hall–Kier alpha value is -7.85. The third kappa shape index (κ3) is 21.3. The Morgan fingerprint density at radius 3 is 2.15 bits per heavy atom. The van der Waals surface area contributed by atoms with Crippen molar-refractivity contribution in [3.63, 3.8) is 0 Å². The van der Waals surface area contributed by atoms with Gasteiger partial charge < -0.3 is 82.2 Å². The maximum absolute atomic E-state index is 15.1. The predicted octanol–water partition coefficient (Wildman–Crippen LogP) is -0.566. The molecule has 0 radical (unpaired) electrons. The maximum atomic E-state index is 15.1. The topological polar surface area (TPSA) is 446 Å². The summed E-state index contributed by atoms with van der Waals surface area (Å²) in [6.07, 6.45) is -1.78. The molecule has 0 saturated heterocycles. The van der Waals surface area contributed by atoms with Gasteiger partial charge in [0.2, 0.25) is 41.4 Å². The van der Waals surface area contributed by atoms with E-state index < -0.39 is 186 Å². The van der Waals surface area contributed by atoms with Crippen molar-refractivity contribution in [2.24, 2.45) is 53.1 Å². The normalized spacial score (nSPS) is 27.4. The quantitative estimate of drug-likeness (QED) is 0.0356. The molecule has 7 rings (SSSR count). The lowest BCUT2D eigenvalue weighted by atomic mass is 9.84. The average molecular weight is 1340 g/mol. The molecule has 2 saturated carbocycles. The molecular formula is C64H89N9O20S. The van der Waals surface area contributed by atoms with Gasteiger partial charge in [-0.25, -0.2) is 4.79 Å². The number of benzene rings is 1. The molecule has 2 fully saturated rings. The molecule has 14 unspecified atom stereocenters. The summed E-state index contributed by atoms with van der Waals surface area (Å²) >= 11 is 0. The summed E-state index contributed by atoms with van der Waals surface area (Å²) in [5.41, 5.74) is 5.86. The molecule has 3 aliphatic carbocycles. The summed E-state index contributed by atoms with van der Waals surface area (Å²) in [4.78, 5) is 168. The number of alkyl carbamates (subject to hydrolysis) is 1. The highest BCUT2D eigenvalue weighted by Gasteiger charge is 2.50. The molecule has 2 aliphatic heterocycles. The minimum atomic E-state index is -2.41. The standard InChI is InChI=1S/C64H89N9O20S/c1-4-34(2)56-62(87)68-29-53(80)69-49-33-94(89)63-45(42-17-16-38(75)27-47(42)71-63)23-36(59(84)67-30-54(81)72-56)24-50(77)57(73-60(85)44-26-39(76)25-43(44)58(83)48(28-52(65)79)70-61(49)86)35(3)51(78)32-92-55(82)15-9-11-37(74)12-10-19-90-21-22-91-20-18-66-64(88)93-31-46-40-13-7-5-6-8-14-41(40)46/h16-17,27,34-36,39-41,43-44,46,48-49,51,56-57,71,75-76,78H,4,7-15,18-26,28-33H2,1-3H3,(H2,65,79)(H,66,88)(H,67,84)(H,68,87)(H,69,80)(H,70,86)(H,72,81)(H,73,85). The zero-order valence-electron chi connectivity index (χ0n) is 53.3. The van der Waals surface area contributed by atoms with Gasteiger partial charge in [0.15, 0.2) is 11.6 Å². The SMILES string of the molecule is CCC(C)C1NC(=O)CNC(=O)C2CC(=O)C(C(C)C(O)COC(=O)CCCC(=O)CCCOCCOCCNC(=O)OCC3C4CCC#CCCC43)NC(=O)C3CC(O)CC3C(=O)C(CC(N)=O)NC(=O)C(CS(=O)c3[nH]c4cc(O)ccc4c3C2)NC(=O)CNC1=O. The van der Waals surface area contributed by atoms with Gasteiger partial charge in [0, 0.05) is 80.9 Å². The van der Waals surface area contributed by atoms with Crippen LogP contribution in [0.25, 0.3) is 10.9 Å². The molecular weight excluding hydrogens is 1250 g/mol. The van der Waals surface area contributed by atoms with Crippen LogP contribution in [0.15, 0.2) is 23.2 Å². The van der Waals surface area contributed by atoms with Gasteiger partial charge in [0.05, 0.1) is 98.2 Å². The molecule has 30 heteroatoms. The number of ketones is 3. The van der Waals surface area contributed by atoms with E-state index in [4.69, 9.17) is 24.7 Å². The van der Waals surface area contributed by atoms with E-state index in [0.717, 1.165) is 25.7 Å². The van der Waals surface area contributed by atoms with Gasteiger partial charge in [0.25, 0.3) is 0 Å². The number of ether oxygens (including phenoxy) is 4. The number of esters is 1. The number of carbonyl (C=O) groups excluding carboxylic acids is 12. The summed E-state index contributed by atoms with van der Waals surface area (Å²) in [5, 5.41) is 51.0. The van der Waals surface area contributed by atoms with Crippen LogP contribution in [0.3, 0.4) is 0 Å². The Morgan fingerprint density at radius 1 is 0.777 bits per heavy atom. The summed E-state index contributed by atoms with van der Waals surface area (Å²) in [6.45, 7) is 4.16. The highest BCUT2D eigenvalue weighted by atomic mass is 32.2. The van der Waals surface area contributed by atoms with Crippen LogP contribution in [-0.2, 0) is 88.9 Å². The number of Topliss-reactive ketones (excluding diaryl/α,β-unsaturated/α-hetero) is 3. The van der Waals surface area contributed by atoms with E-state index in [1.165, 1.54) is 25.1 Å². The van der Waals surface area contributed by atoms with Gasteiger partial charge in [-0.3, -0.25) is 56.9 Å². The number of amides is 8. The number of rotatable bonds is 24. The van der Waals surface area contributed by atoms with Crippen LogP contribution >= 0.6 is 0 Å². The van der Waals surface area contributed by atoms with Gasteiger partial charge in [-0.2, -0.15) is 0 Å². The number of carbonyl (C=O) groups is 12. The molecule has 1 aromatic carbocycles. The van der Waals surface area contributed by atoms with Crippen molar-refractivity contribution in [1.82, 2.24) is 42.2 Å². The number of primary amides is 1.